The van der Waals surface area contributed by atoms with Crippen LogP contribution in [0.1, 0.15) is 17.5 Å². The maximum atomic E-state index is 12.6. The van der Waals surface area contributed by atoms with Gasteiger partial charge in [0.15, 0.2) is 0 Å². The molecule has 0 unspecified atom stereocenters. The van der Waals surface area contributed by atoms with Gasteiger partial charge in [-0.1, -0.05) is 24.3 Å². The van der Waals surface area contributed by atoms with Crippen LogP contribution in [0, 0.1) is 0 Å². The lowest BCUT2D eigenvalue weighted by Crippen LogP contribution is -2.36. The van der Waals surface area contributed by atoms with E-state index < -0.39 is 0 Å². The molecule has 1 aliphatic rings. The quantitative estimate of drug-likeness (QED) is 0.736. The summed E-state index contributed by atoms with van der Waals surface area (Å²) in [6.45, 7) is 2.10. The third-order valence-electron chi connectivity index (χ3n) is 4.87. The van der Waals surface area contributed by atoms with E-state index in [4.69, 9.17) is 4.74 Å². The number of benzene rings is 2. The molecule has 3 aromatic rings. The highest BCUT2D eigenvalue weighted by Gasteiger charge is 2.20. The molecule has 2 heterocycles. The second-order valence-electron chi connectivity index (χ2n) is 6.38. The van der Waals surface area contributed by atoms with E-state index >= 15 is 0 Å². The molecule has 0 bridgehead atoms. The van der Waals surface area contributed by atoms with Crippen LogP contribution in [-0.4, -0.2) is 34.2 Å². The molecule has 25 heavy (non-hydrogen) atoms. The Morgan fingerprint density at radius 3 is 2.88 bits per heavy atom. The van der Waals surface area contributed by atoms with Crippen LogP contribution in [0.15, 0.2) is 48.7 Å². The highest BCUT2D eigenvalue weighted by Crippen LogP contribution is 2.22. The molecule has 0 saturated carbocycles. The van der Waals surface area contributed by atoms with Gasteiger partial charge < -0.3 is 9.64 Å². The summed E-state index contributed by atoms with van der Waals surface area (Å²) >= 11 is 0. The highest BCUT2D eigenvalue weighted by atomic mass is 16.5. The maximum absolute atomic E-state index is 12.6. The Labute approximate surface area is 146 Å². The molecule has 0 fully saturated rings. The van der Waals surface area contributed by atoms with Gasteiger partial charge in [-0.25, -0.2) is 0 Å². The van der Waals surface area contributed by atoms with Gasteiger partial charge in [0.2, 0.25) is 5.91 Å². The van der Waals surface area contributed by atoms with Crippen LogP contribution in [0.4, 0.5) is 0 Å². The molecule has 0 saturated heterocycles. The molecule has 4 rings (SSSR count). The normalized spacial score (nSPS) is 13.7. The fourth-order valence-corrected chi connectivity index (χ4v) is 3.44. The Bertz CT molecular complexity index is 916. The summed E-state index contributed by atoms with van der Waals surface area (Å²) in [4.78, 5) is 14.6. The molecule has 2 aromatic carbocycles. The van der Waals surface area contributed by atoms with Crippen molar-refractivity contribution in [1.29, 1.82) is 0 Å². The molecular weight excluding hydrogens is 314 g/mol. The van der Waals surface area contributed by atoms with Crippen molar-refractivity contribution in [2.24, 2.45) is 0 Å². The minimum Gasteiger partial charge on any atom is -0.497 e. The number of hydrogen-bond donors (Lipinski definition) is 0. The second-order valence-corrected chi connectivity index (χ2v) is 6.38. The zero-order chi connectivity index (χ0) is 17.2. The van der Waals surface area contributed by atoms with Gasteiger partial charge >= 0.3 is 0 Å². The Hall–Kier alpha value is -2.82. The van der Waals surface area contributed by atoms with E-state index in [-0.39, 0.29) is 5.91 Å². The van der Waals surface area contributed by atoms with Gasteiger partial charge in [-0.15, -0.1) is 0 Å². The van der Waals surface area contributed by atoms with Crippen molar-refractivity contribution < 1.29 is 9.53 Å². The van der Waals surface area contributed by atoms with E-state index in [0.29, 0.717) is 19.5 Å². The number of rotatable bonds is 4. The van der Waals surface area contributed by atoms with E-state index in [1.54, 1.807) is 7.11 Å². The van der Waals surface area contributed by atoms with Crippen LogP contribution in [0.3, 0.4) is 0 Å². The van der Waals surface area contributed by atoms with Crippen molar-refractivity contribution in [2.45, 2.75) is 25.9 Å². The minimum absolute atomic E-state index is 0.187. The summed E-state index contributed by atoms with van der Waals surface area (Å²) in [5.41, 5.74) is 3.65. The summed E-state index contributed by atoms with van der Waals surface area (Å²) in [7, 11) is 1.65. The monoisotopic (exact) mass is 335 g/mol. The van der Waals surface area contributed by atoms with Gasteiger partial charge in [-0.2, -0.15) is 5.10 Å². The average Bonchev–Trinajstić information content (AvgIpc) is 3.07. The van der Waals surface area contributed by atoms with Crippen molar-refractivity contribution in [3.63, 3.8) is 0 Å². The molecule has 5 nitrogen and oxygen atoms in total. The third kappa shape index (κ3) is 3.09. The zero-order valence-corrected chi connectivity index (χ0v) is 14.3. The molecule has 1 amide bonds. The van der Waals surface area contributed by atoms with Crippen LogP contribution in [-0.2, 0) is 24.3 Å². The van der Waals surface area contributed by atoms with Crippen LogP contribution in [0.25, 0.3) is 10.9 Å². The lowest BCUT2D eigenvalue weighted by molar-refractivity contribution is -0.132. The highest BCUT2D eigenvalue weighted by molar-refractivity contribution is 5.81. The van der Waals surface area contributed by atoms with Crippen molar-refractivity contribution in [3.8, 4) is 5.75 Å². The average molecular weight is 335 g/mol. The number of carbonyl (C=O) groups is 1. The number of nitrogens with zero attached hydrogens (tertiary/aromatic N) is 3. The summed E-state index contributed by atoms with van der Waals surface area (Å²) in [6.07, 6.45) is 3.22. The number of methoxy groups -OCH3 is 1. The first kappa shape index (κ1) is 15.7. The summed E-state index contributed by atoms with van der Waals surface area (Å²) in [5, 5.41) is 5.44. The predicted octanol–water partition coefficient (Wildman–Crippen LogP) is 3.02. The molecule has 1 aromatic heterocycles. The van der Waals surface area contributed by atoms with E-state index in [9.17, 15) is 4.79 Å². The van der Waals surface area contributed by atoms with Crippen molar-refractivity contribution in [2.75, 3.05) is 13.7 Å². The van der Waals surface area contributed by atoms with Crippen molar-refractivity contribution >= 4 is 16.8 Å². The lowest BCUT2D eigenvalue weighted by atomic mass is 10.00. The molecule has 128 valence electrons. The lowest BCUT2D eigenvalue weighted by Gasteiger charge is -2.29. The Kier molecular flexibility index (Phi) is 4.14. The van der Waals surface area contributed by atoms with E-state index in [2.05, 4.69) is 23.3 Å². The van der Waals surface area contributed by atoms with Gasteiger partial charge in [0.25, 0.3) is 0 Å². The molecule has 0 spiro atoms. The number of ether oxygens (including phenoxy) is 1. The van der Waals surface area contributed by atoms with Gasteiger partial charge in [0.1, 0.15) is 5.75 Å². The molecular formula is C20H21N3O2. The number of amides is 1. The van der Waals surface area contributed by atoms with Crippen LogP contribution < -0.4 is 4.74 Å². The van der Waals surface area contributed by atoms with E-state index in [1.165, 1.54) is 11.1 Å². The van der Waals surface area contributed by atoms with E-state index in [0.717, 1.165) is 29.6 Å². The Morgan fingerprint density at radius 2 is 2.04 bits per heavy atom. The fraction of sp³-hybridized carbons (Fsp3) is 0.300. The van der Waals surface area contributed by atoms with Gasteiger partial charge in [0.05, 0.1) is 25.4 Å². The summed E-state index contributed by atoms with van der Waals surface area (Å²) in [6, 6.07) is 14.2. The molecule has 0 N–H and O–H groups in total. The minimum atomic E-state index is 0.187. The predicted molar refractivity (Wildman–Crippen MR) is 96.5 cm³/mol. The molecule has 1 aliphatic heterocycles. The first-order valence-electron chi connectivity index (χ1n) is 8.59. The largest absolute Gasteiger partial charge is 0.497 e. The number of aryl methyl sites for hydroxylation is 1. The molecule has 5 heteroatoms. The second kappa shape index (κ2) is 6.59. The number of fused-ring (bicyclic) bond motifs is 2. The van der Waals surface area contributed by atoms with Crippen LogP contribution >= 0.6 is 0 Å². The van der Waals surface area contributed by atoms with Crippen molar-refractivity contribution in [3.05, 3.63) is 59.8 Å². The van der Waals surface area contributed by atoms with Gasteiger partial charge in [-0.05, 0) is 35.7 Å². The topological polar surface area (TPSA) is 47.4 Å². The van der Waals surface area contributed by atoms with E-state index in [1.807, 2.05) is 40.0 Å². The van der Waals surface area contributed by atoms with Crippen LogP contribution in [0.2, 0.25) is 0 Å². The Morgan fingerprint density at radius 1 is 1.20 bits per heavy atom. The Balaban J connectivity index is 1.43. The zero-order valence-electron chi connectivity index (χ0n) is 14.3. The standard InChI is InChI=1S/C20H21N3O2/c1-25-18-6-7-19-17(12-18)13-21-23(19)11-9-20(24)22-10-8-15-4-2-3-5-16(15)14-22/h2-7,12-13H,8-11,14H2,1H3. The fourth-order valence-electron chi connectivity index (χ4n) is 3.44. The first-order valence-corrected chi connectivity index (χ1v) is 8.59. The number of aromatic nitrogens is 2. The number of carbonyl (C=O) groups excluding carboxylic acids is 1. The van der Waals surface area contributed by atoms with Crippen LogP contribution in [0.5, 0.6) is 5.75 Å². The molecule has 0 radical (unpaired) electrons. The summed E-state index contributed by atoms with van der Waals surface area (Å²) < 4.78 is 7.13. The number of hydrogen-bond acceptors (Lipinski definition) is 3. The first-order chi connectivity index (χ1) is 12.2. The molecule has 0 atom stereocenters. The SMILES string of the molecule is COc1ccc2c(cnn2CCC(=O)N2CCc3ccccc3C2)c1. The van der Waals surface area contributed by atoms with Gasteiger partial charge in [0, 0.05) is 24.9 Å². The maximum Gasteiger partial charge on any atom is 0.224 e. The molecule has 0 aliphatic carbocycles. The van der Waals surface area contributed by atoms with Gasteiger partial charge in [-0.3, -0.25) is 9.48 Å². The summed E-state index contributed by atoms with van der Waals surface area (Å²) in [5.74, 6) is 1.00. The smallest absolute Gasteiger partial charge is 0.224 e. The third-order valence-corrected chi connectivity index (χ3v) is 4.87. The van der Waals surface area contributed by atoms with Crippen molar-refractivity contribution in [1.82, 2.24) is 14.7 Å².